The number of aromatic nitrogens is 1. The van der Waals surface area contributed by atoms with Crippen molar-refractivity contribution in [2.45, 2.75) is 6.61 Å². The first-order valence-corrected chi connectivity index (χ1v) is 5.79. The Morgan fingerprint density at radius 2 is 2.05 bits per heavy atom. The van der Waals surface area contributed by atoms with Gasteiger partial charge < -0.3 is 10.5 Å². The van der Waals surface area contributed by atoms with Crippen LogP contribution in [0, 0.1) is 11.6 Å². The first kappa shape index (κ1) is 13.4. The molecule has 1 aromatic heterocycles. The van der Waals surface area contributed by atoms with Gasteiger partial charge in [-0.25, -0.2) is 8.78 Å². The normalized spacial score (nSPS) is 10.2. The molecule has 0 saturated carbocycles. The maximum absolute atomic E-state index is 13.3. The molecule has 0 aliphatic heterocycles. The van der Waals surface area contributed by atoms with Gasteiger partial charge in [0, 0.05) is 12.3 Å². The number of halogens is 2. The molecule has 19 heavy (non-hydrogen) atoms. The molecule has 1 heterocycles. The van der Waals surface area contributed by atoms with E-state index in [4.69, 9.17) is 22.7 Å². The van der Waals surface area contributed by atoms with Crippen LogP contribution < -0.4 is 10.5 Å². The Hall–Kier alpha value is -2.08. The predicted molar refractivity (Wildman–Crippen MR) is 70.8 cm³/mol. The number of thiocarbonyl (C=S) groups is 1. The van der Waals surface area contributed by atoms with Crippen molar-refractivity contribution in [1.29, 1.82) is 0 Å². The van der Waals surface area contributed by atoms with Gasteiger partial charge in [-0.2, -0.15) is 0 Å². The number of nitrogens with zero attached hydrogens (tertiary/aromatic N) is 1. The van der Waals surface area contributed by atoms with Crippen molar-refractivity contribution < 1.29 is 13.5 Å². The summed E-state index contributed by atoms with van der Waals surface area (Å²) in [7, 11) is 0. The van der Waals surface area contributed by atoms with Gasteiger partial charge in [0.05, 0.1) is 5.69 Å². The number of hydrogen-bond donors (Lipinski definition) is 1. The maximum Gasteiger partial charge on any atom is 0.165 e. The van der Waals surface area contributed by atoms with E-state index in [1.165, 1.54) is 6.20 Å². The first-order valence-electron chi connectivity index (χ1n) is 5.39. The molecule has 0 spiro atoms. The van der Waals surface area contributed by atoms with E-state index in [2.05, 4.69) is 4.98 Å². The highest BCUT2D eigenvalue weighted by atomic mass is 32.1. The second kappa shape index (κ2) is 5.71. The molecule has 0 atom stereocenters. The van der Waals surface area contributed by atoms with Crippen LogP contribution >= 0.6 is 12.2 Å². The van der Waals surface area contributed by atoms with Crippen LogP contribution in [0.1, 0.15) is 11.3 Å². The Labute approximate surface area is 114 Å². The van der Waals surface area contributed by atoms with Crippen LogP contribution in [0.4, 0.5) is 8.78 Å². The van der Waals surface area contributed by atoms with Crippen molar-refractivity contribution in [3.63, 3.8) is 0 Å². The van der Waals surface area contributed by atoms with E-state index in [9.17, 15) is 8.78 Å². The molecule has 2 rings (SSSR count). The number of pyridine rings is 1. The molecule has 6 heteroatoms. The molecular formula is C13H10F2N2OS. The molecule has 98 valence electrons. The average Bonchev–Trinajstić information content (AvgIpc) is 2.40. The van der Waals surface area contributed by atoms with E-state index >= 15 is 0 Å². The fourth-order valence-corrected chi connectivity index (χ4v) is 1.56. The minimum Gasteiger partial charge on any atom is -0.486 e. The van der Waals surface area contributed by atoms with Gasteiger partial charge in [-0.3, -0.25) is 4.98 Å². The van der Waals surface area contributed by atoms with Crippen molar-refractivity contribution in [3.05, 3.63) is 59.4 Å². The van der Waals surface area contributed by atoms with Gasteiger partial charge in [0.2, 0.25) is 0 Å². The molecular weight excluding hydrogens is 270 g/mol. The smallest absolute Gasteiger partial charge is 0.165 e. The molecule has 3 nitrogen and oxygen atoms in total. The zero-order chi connectivity index (χ0) is 13.8. The third kappa shape index (κ3) is 3.45. The SMILES string of the molecule is NC(=S)c1cc(COc2cc(F)ccc2F)ccn1. The zero-order valence-corrected chi connectivity index (χ0v) is 10.6. The molecule has 1 aromatic carbocycles. The van der Waals surface area contributed by atoms with E-state index in [-0.39, 0.29) is 17.3 Å². The fraction of sp³-hybridized carbons (Fsp3) is 0.0769. The highest BCUT2D eigenvalue weighted by molar-refractivity contribution is 7.80. The molecule has 0 unspecified atom stereocenters. The lowest BCUT2D eigenvalue weighted by Crippen LogP contribution is -2.12. The summed E-state index contributed by atoms with van der Waals surface area (Å²) in [5, 5.41) is 0. The first-order chi connectivity index (χ1) is 9.06. The second-order valence-corrected chi connectivity index (χ2v) is 4.22. The fourth-order valence-electron chi connectivity index (χ4n) is 1.45. The summed E-state index contributed by atoms with van der Waals surface area (Å²) in [5.41, 5.74) is 6.62. The minimum atomic E-state index is -0.620. The van der Waals surface area contributed by atoms with Gasteiger partial charge in [0.15, 0.2) is 11.6 Å². The quantitative estimate of drug-likeness (QED) is 0.874. The third-order valence-corrected chi connectivity index (χ3v) is 2.57. The monoisotopic (exact) mass is 280 g/mol. The molecule has 0 radical (unpaired) electrons. The van der Waals surface area contributed by atoms with Crippen LogP contribution in [0.25, 0.3) is 0 Å². The maximum atomic E-state index is 13.3. The van der Waals surface area contributed by atoms with E-state index < -0.39 is 11.6 Å². The van der Waals surface area contributed by atoms with Crippen molar-refractivity contribution in [3.8, 4) is 5.75 Å². The van der Waals surface area contributed by atoms with Gasteiger partial charge >= 0.3 is 0 Å². The Morgan fingerprint density at radius 3 is 2.79 bits per heavy atom. The van der Waals surface area contributed by atoms with Crippen molar-refractivity contribution in [1.82, 2.24) is 4.98 Å². The Balaban J connectivity index is 2.12. The van der Waals surface area contributed by atoms with Crippen molar-refractivity contribution in [2.75, 3.05) is 0 Å². The van der Waals surface area contributed by atoms with E-state index in [1.807, 2.05) is 0 Å². The predicted octanol–water partition coefficient (Wildman–Crippen LogP) is 2.57. The Morgan fingerprint density at radius 1 is 1.26 bits per heavy atom. The minimum absolute atomic E-state index is 0.0680. The number of hydrogen-bond acceptors (Lipinski definition) is 3. The van der Waals surface area contributed by atoms with Crippen LogP contribution in [-0.4, -0.2) is 9.97 Å². The van der Waals surface area contributed by atoms with E-state index in [0.29, 0.717) is 11.3 Å². The summed E-state index contributed by atoms with van der Waals surface area (Å²) in [4.78, 5) is 4.14. The summed E-state index contributed by atoms with van der Waals surface area (Å²) in [6, 6.07) is 6.35. The van der Waals surface area contributed by atoms with Crippen LogP contribution in [-0.2, 0) is 6.61 Å². The molecule has 0 bridgehead atoms. The molecule has 0 aliphatic carbocycles. The summed E-state index contributed by atoms with van der Waals surface area (Å²) in [5.74, 6) is -1.33. The average molecular weight is 280 g/mol. The molecule has 0 saturated heterocycles. The Bertz CT molecular complexity index is 619. The Kier molecular flexibility index (Phi) is 4.01. The van der Waals surface area contributed by atoms with Gasteiger partial charge in [-0.15, -0.1) is 0 Å². The number of rotatable bonds is 4. The number of benzene rings is 1. The lowest BCUT2D eigenvalue weighted by atomic mass is 10.2. The largest absolute Gasteiger partial charge is 0.486 e. The van der Waals surface area contributed by atoms with Crippen LogP contribution in [0.5, 0.6) is 5.75 Å². The highest BCUT2D eigenvalue weighted by Crippen LogP contribution is 2.19. The van der Waals surface area contributed by atoms with Gasteiger partial charge in [0.1, 0.15) is 17.4 Å². The van der Waals surface area contributed by atoms with Gasteiger partial charge in [-0.1, -0.05) is 12.2 Å². The van der Waals surface area contributed by atoms with Gasteiger partial charge in [0.25, 0.3) is 0 Å². The van der Waals surface area contributed by atoms with Crippen LogP contribution in [0.2, 0.25) is 0 Å². The lowest BCUT2D eigenvalue weighted by molar-refractivity contribution is 0.288. The topological polar surface area (TPSA) is 48.1 Å². The highest BCUT2D eigenvalue weighted by Gasteiger charge is 2.06. The second-order valence-electron chi connectivity index (χ2n) is 3.78. The van der Waals surface area contributed by atoms with Crippen molar-refractivity contribution in [2.24, 2.45) is 5.73 Å². The lowest BCUT2D eigenvalue weighted by Gasteiger charge is -2.08. The number of nitrogens with two attached hydrogens (primary N) is 1. The van der Waals surface area contributed by atoms with Gasteiger partial charge in [-0.05, 0) is 29.8 Å². The zero-order valence-electron chi connectivity index (χ0n) is 9.77. The van der Waals surface area contributed by atoms with E-state index in [1.54, 1.807) is 12.1 Å². The third-order valence-electron chi connectivity index (χ3n) is 2.36. The standard InChI is InChI=1S/C13H10F2N2OS/c14-9-1-2-10(15)12(6-9)18-7-8-3-4-17-11(5-8)13(16)19/h1-6H,7H2,(H2,16,19). The van der Waals surface area contributed by atoms with E-state index in [0.717, 1.165) is 18.2 Å². The molecule has 0 fully saturated rings. The van der Waals surface area contributed by atoms with Crippen molar-refractivity contribution >= 4 is 17.2 Å². The molecule has 0 aliphatic rings. The van der Waals surface area contributed by atoms with Crippen LogP contribution in [0.3, 0.4) is 0 Å². The summed E-state index contributed by atoms with van der Waals surface area (Å²) in [6.07, 6.45) is 1.52. The molecule has 2 aromatic rings. The summed E-state index contributed by atoms with van der Waals surface area (Å²) < 4.78 is 31.5. The number of ether oxygens (including phenoxy) is 1. The molecule has 2 N–H and O–H groups in total. The van der Waals surface area contributed by atoms with Crippen LogP contribution in [0.15, 0.2) is 36.5 Å². The summed E-state index contributed by atoms with van der Waals surface area (Å²) >= 11 is 4.80. The molecule has 0 amide bonds. The summed E-state index contributed by atoms with van der Waals surface area (Å²) in [6.45, 7) is 0.0680.